The maximum Gasteiger partial charge on any atom is 0.511 e. The van der Waals surface area contributed by atoms with E-state index in [1.54, 1.807) is 13.8 Å². The number of esters is 4. The highest BCUT2D eigenvalue weighted by atomic mass is 32.2. The number of sulfonamides is 1. The summed E-state index contributed by atoms with van der Waals surface area (Å²) in [6, 6.07) is 0. The molecular weight excluding hydrogens is 1150 g/mol. The molecule has 33 heteroatoms. The van der Waals surface area contributed by atoms with E-state index in [1.807, 2.05) is 0 Å². The van der Waals surface area contributed by atoms with Crippen molar-refractivity contribution in [3.05, 3.63) is 61.3 Å². The third kappa shape index (κ3) is 42.8. The lowest BCUT2D eigenvalue weighted by molar-refractivity contribution is -0.262. The summed E-state index contributed by atoms with van der Waals surface area (Å²) in [6.07, 6.45) is -15.9. The van der Waals surface area contributed by atoms with Crippen LogP contribution in [0, 0.1) is 5.92 Å². The van der Waals surface area contributed by atoms with E-state index < -0.39 is 140 Å². The Morgan fingerprint density at radius 2 is 1.00 bits per heavy atom. The number of nitrogens with one attached hydrogen (secondary N) is 3. The number of hydrogen-bond donors (Lipinski definition) is 6. The summed E-state index contributed by atoms with van der Waals surface area (Å²) in [5, 5.41) is 23.0. The molecule has 19 nitrogen and oxygen atoms in total. The van der Waals surface area contributed by atoms with E-state index in [9.17, 15) is 98.6 Å². The van der Waals surface area contributed by atoms with Crippen molar-refractivity contribution in [3.63, 3.8) is 0 Å². The van der Waals surface area contributed by atoms with Gasteiger partial charge in [0.05, 0.1) is 23.4 Å². The molecule has 470 valence electrons. The van der Waals surface area contributed by atoms with Crippen LogP contribution in [0.1, 0.15) is 109 Å². The number of aliphatic hydroxyl groups is 2. The molecule has 0 saturated heterocycles. The lowest BCUT2D eigenvalue weighted by Gasteiger charge is -2.31. The van der Waals surface area contributed by atoms with E-state index in [0.717, 1.165) is 19.9 Å². The summed E-state index contributed by atoms with van der Waals surface area (Å²) in [6.45, 7) is 31.8. The Bertz CT molecular complexity index is 2310. The van der Waals surface area contributed by atoms with Crippen LogP contribution in [0.3, 0.4) is 0 Å². The normalized spacial score (nSPS) is 14.4. The van der Waals surface area contributed by atoms with Crippen LogP contribution in [0.15, 0.2) is 61.3 Å². The van der Waals surface area contributed by atoms with Gasteiger partial charge in [0.15, 0.2) is 11.2 Å². The van der Waals surface area contributed by atoms with Gasteiger partial charge in [-0.3, -0.25) is 9.35 Å². The van der Waals surface area contributed by atoms with Crippen LogP contribution in [-0.4, -0.2) is 152 Å². The Labute approximate surface area is 458 Å². The van der Waals surface area contributed by atoms with Crippen LogP contribution in [0.5, 0.6) is 0 Å². The average molecular weight is 1230 g/mol. The predicted molar refractivity (Wildman–Crippen MR) is 269 cm³/mol. The van der Waals surface area contributed by atoms with Crippen molar-refractivity contribution >= 4 is 49.9 Å². The standard InChI is InChI=1S/C13H21F3O3.C10H15F3O3.C9H14F3NO4S.C8H12F3NO2.C7H13NO4S/c1-8(2)6-10(19-11(17)9(3)4)7-12(5,18)13(14,15)16;1-6(2)8(14)16-7(3)5-9(4,15)10(11,12)13;1-6(2)7(14)17-5-8(3,4)13-18(15,16)9(10,11)12;1-6(2)7(13)14-4-3-12-5-8(9,10)11;1-4-6(9)8-7(2,3)5-13(10,11)12/h8,10,18H,3,6-7H2,1-2,4-5H3;7,15H,1,5H2,2-4H3;13H,1,5H2,2-4H3;12H,1,3-5H2,2H3;4H,1,5H2,2-3H3,(H,8,9)(H,10,11,12). The van der Waals surface area contributed by atoms with Crippen molar-refractivity contribution in [2.75, 3.05) is 32.1 Å². The van der Waals surface area contributed by atoms with Gasteiger partial charge in [-0.25, -0.2) is 27.6 Å². The Morgan fingerprint density at radius 3 is 1.34 bits per heavy atom. The zero-order valence-corrected chi connectivity index (χ0v) is 48.1. The van der Waals surface area contributed by atoms with Gasteiger partial charge in [-0.05, 0) is 94.6 Å². The molecule has 1 amide bonds. The average Bonchev–Trinajstić information content (AvgIpc) is 3.19. The summed E-state index contributed by atoms with van der Waals surface area (Å²) in [5.74, 6) is -3.90. The summed E-state index contributed by atoms with van der Waals surface area (Å²) in [7, 11) is -9.57. The Balaban J connectivity index is -0.000000295. The Hall–Kier alpha value is -5.09. The van der Waals surface area contributed by atoms with Gasteiger partial charge in [0.2, 0.25) is 5.91 Å². The Kier molecular flexibility index (Phi) is 36.0. The predicted octanol–water partition coefficient (Wildman–Crippen LogP) is 7.96. The number of carbonyl (C=O) groups is 5. The third-order valence-corrected chi connectivity index (χ3v) is 11.1. The smallest absolute Gasteiger partial charge is 0.461 e. The van der Waals surface area contributed by atoms with Crippen LogP contribution in [0.4, 0.5) is 52.7 Å². The van der Waals surface area contributed by atoms with Crippen molar-refractivity contribution in [1.29, 1.82) is 0 Å². The minimum atomic E-state index is -5.49. The lowest BCUT2D eigenvalue weighted by atomic mass is 9.93. The van der Waals surface area contributed by atoms with E-state index in [0.29, 0.717) is 13.8 Å². The molecule has 0 aliphatic rings. The summed E-state index contributed by atoms with van der Waals surface area (Å²) in [5.41, 5.74) is -13.3. The van der Waals surface area contributed by atoms with Gasteiger partial charge >= 0.3 is 57.9 Å². The fraction of sp³-hybridized carbons (Fsp3) is 0.681. The molecule has 0 aliphatic heterocycles. The summed E-state index contributed by atoms with van der Waals surface area (Å²) < 4.78 is 217. The van der Waals surface area contributed by atoms with Crippen LogP contribution in [0.25, 0.3) is 0 Å². The molecule has 4 unspecified atom stereocenters. The van der Waals surface area contributed by atoms with Crippen molar-refractivity contribution in [1.82, 2.24) is 15.4 Å². The first-order valence-corrected chi connectivity index (χ1v) is 25.9. The van der Waals surface area contributed by atoms with Gasteiger partial charge in [0.1, 0.15) is 25.4 Å². The topological polar surface area (TPSA) is 287 Å². The maximum absolute atomic E-state index is 12.6. The molecule has 0 aromatic heterocycles. The van der Waals surface area contributed by atoms with Crippen LogP contribution >= 0.6 is 0 Å². The number of halogens is 12. The van der Waals surface area contributed by atoms with E-state index >= 15 is 0 Å². The zero-order chi connectivity index (χ0) is 65.2. The molecule has 0 saturated carbocycles. The van der Waals surface area contributed by atoms with E-state index in [2.05, 4.69) is 57.7 Å². The first-order valence-electron chi connectivity index (χ1n) is 22.8. The summed E-state index contributed by atoms with van der Waals surface area (Å²) >= 11 is 0. The highest BCUT2D eigenvalue weighted by molar-refractivity contribution is 7.90. The monoisotopic (exact) mass is 1230 g/mol. The number of carbonyl (C=O) groups excluding carboxylic acids is 5. The highest BCUT2D eigenvalue weighted by Crippen LogP contribution is 2.36. The molecule has 0 spiro atoms. The number of amides is 1. The number of rotatable bonds is 24. The summed E-state index contributed by atoms with van der Waals surface area (Å²) in [4.78, 5) is 55.0. The van der Waals surface area contributed by atoms with Crippen molar-refractivity contribution in [3.8, 4) is 0 Å². The number of ether oxygens (including phenoxy) is 4. The van der Waals surface area contributed by atoms with Crippen LogP contribution < -0.4 is 15.4 Å². The molecule has 0 heterocycles. The first kappa shape index (κ1) is 83.7. The van der Waals surface area contributed by atoms with Gasteiger partial charge < -0.3 is 39.8 Å². The zero-order valence-electron chi connectivity index (χ0n) is 46.5. The van der Waals surface area contributed by atoms with Gasteiger partial charge in [-0.1, -0.05) is 46.7 Å². The number of alkyl halides is 12. The molecule has 4 atom stereocenters. The van der Waals surface area contributed by atoms with Gasteiger partial charge in [-0.2, -0.15) is 65.8 Å². The molecule has 0 rings (SSSR count). The largest absolute Gasteiger partial charge is 0.511 e. The quantitative estimate of drug-likeness (QED) is 0.0133. The molecule has 0 fully saturated rings. The molecule has 0 radical (unpaired) electrons. The molecule has 0 bridgehead atoms. The molecule has 80 heavy (non-hydrogen) atoms. The fourth-order valence-electron chi connectivity index (χ4n) is 4.78. The second kappa shape index (κ2) is 34.4. The van der Waals surface area contributed by atoms with E-state index in [1.165, 1.54) is 53.2 Å². The van der Waals surface area contributed by atoms with Crippen molar-refractivity contribution in [2.45, 2.75) is 168 Å². The first-order chi connectivity index (χ1) is 35.1. The van der Waals surface area contributed by atoms with Crippen molar-refractivity contribution in [2.24, 2.45) is 5.92 Å². The molecular formula is C47H75F12N3O16S2. The molecule has 6 N–H and O–H groups in total. The molecule has 0 aromatic carbocycles. The second-order valence-electron chi connectivity index (χ2n) is 19.7. The fourth-order valence-corrected chi connectivity index (χ4v) is 6.66. The SMILES string of the molecule is C=C(C)C(=O)OC(C)CC(C)(O)C(F)(F)F.C=C(C)C(=O)OC(CC(C)C)CC(C)(O)C(F)(F)F.C=C(C)C(=O)OCC(C)(C)NS(=O)(=O)C(F)(F)F.C=C(C)C(=O)OCCNCC(F)(F)F.C=CC(=O)NC(C)(C)CS(=O)(=O)O. The lowest BCUT2D eigenvalue weighted by Crippen LogP contribution is -2.51. The Morgan fingerprint density at radius 1 is 0.613 bits per heavy atom. The maximum atomic E-state index is 12.6. The number of hydrogen-bond acceptors (Lipinski definition) is 16. The van der Waals surface area contributed by atoms with Crippen LogP contribution in [0.2, 0.25) is 0 Å². The van der Waals surface area contributed by atoms with E-state index in [4.69, 9.17) is 14.4 Å². The minimum Gasteiger partial charge on any atom is -0.461 e. The van der Waals surface area contributed by atoms with Gasteiger partial charge in [0, 0.05) is 41.7 Å². The minimum absolute atomic E-state index is 0.0292. The van der Waals surface area contributed by atoms with Crippen LogP contribution in [-0.2, 0) is 63.1 Å². The van der Waals surface area contributed by atoms with Gasteiger partial charge in [0.25, 0.3) is 10.1 Å². The third-order valence-electron chi connectivity index (χ3n) is 8.55. The van der Waals surface area contributed by atoms with Crippen molar-refractivity contribution < 1.29 is 127 Å². The highest BCUT2D eigenvalue weighted by Gasteiger charge is 2.52. The van der Waals surface area contributed by atoms with E-state index in [-0.39, 0.29) is 47.8 Å². The molecule has 0 aliphatic carbocycles. The molecule has 0 aromatic rings. The van der Waals surface area contributed by atoms with Gasteiger partial charge in [-0.15, -0.1) is 0 Å². The second-order valence-corrected chi connectivity index (χ2v) is 22.8.